The van der Waals surface area contributed by atoms with Gasteiger partial charge in [0.15, 0.2) is 0 Å². The highest BCUT2D eigenvalue weighted by Gasteiger charge is 2.12. The lowest BCUT2D eigenvalue weighted by Crippen LogP contribution is -2.37. The third-order valence-electron chi connectivity index (χ3n) is 2.91. The van der Waals surface area contributed by atoms with Gasteiger partial charge in [-0.3, -0.25) is 4.79 Å². The van der Waals surface area contributed by atoms with Crippen LogP contribution in [0.15, 0.2) is 29.2 Å². The lowest BCUT2D eigenvalue weighted by atomic mass is 10.1. The molecule has 0 amide bonds. The summed E-state index contributed by atoms with van der Waals surface area (Å²) in [6.45, 7) is 3.28. The van der Waals surface area contributed by atoms with Crippen LogP contribution in [-0.2, 0) is 11.3 Å². The zero-order chi connectivity index (χ0) is 11.2. The summed E-state index contributed by atoms with van der Waals surface area (Å²) in [4.78, 5) is 11.4. The van der Waals surface area contributed by atoms with Crippen molar-refractivity contribution in [3.05, 3.63) is 34.7 Å². The van der Waals surface area contributed by atoms with Crippen molar-refractivity contribution in [2.75, 3.05) is 19.8 Å². The third kappa shape index (κ3) is 3.18. The Labute approximate surface area is 95.2 Å². The molecule has 4 heteroatoms. The molecule has 0 aliphatic carbocycles. The minimum atomic E-state index is 0.0660. The molecule has 1 aromatic heterocycles. The van der Waals surface area contributed by atoms with Crippen LogP contribution >= 0.6 is 0 Å². The summed E-state index contributed by atoms with van der Waals surface area (Å²) in [5, 5.41) is 3.46. The number of hydrogen-bond acceptors (Lipinski definition) is 3. The molecule has 1 aliphatic rings. The van der Waals surface area contributed by atoms with Crippen LogP contribution in [0.25, 0.3) is 0 Å². The standard InChI is InChI=1S/C12H18N2O2/c15-12-3-1-2-7-14(12)8-6-13-11-4-9-16-10-5-11/h1-3,7,11,13H,4-6,8-10H2. The van der Waals surface area contributed by atoms with Crippen molar-refractivity contribution in [2.45, 2.75) is 25.4 Å². The number of nitrogens with one attached hydrogen (secondary N) is 1. The molecule has 1 saturated heterocycles. The second kappa shape index (κ2) is 5.82. The highest BCUT2D eigenvalue weighted by molar-refractivity contribution is 4.93. The number of rotatable bonds is 4. The Morgan fingerprint density at radius 3 is 2.94 bits per heavy atom. The highest BCUT2D eigenvalue weighted by Crippen LogP contribution is 2.05. The molecule has 16 heavy (non-hydrogen) atoms. The molecule has 0 atom stereocenters. The summed E-state index contributed by atoms with van der Waals surface area (Å²) in [6.07, 6.45) is 3.97. The Morgan fingerprint density at radius 2 is 2.19 bits per heavy atom. The minimum Gasteiger partial charge on any atom is -0.381 e. The van der Waals surface area contributed by atoms with Crippen LogP contribution in [0.3, 0.4) is 0 Å². The van der Waals surface area contributed by atoms with Gasteiger partial charge in [0.25, 0.3) is 5.56 Å². The fraction of sp³-hybridized carbons (Fsp3) is 0.583. The van der Waals surface area contributed by atoms with E-state index in [1.807, 2.05) is 12.3 Å². The first-order valence-electron chi connectivity index (χ1n) is 5.83. The van der Waals surface area contributed by atoms with Gasteiger partial charge < -0.3 is 14.6 Å². The Morgan fingerprint density at radius 1 is 1.38 bits per heavy atom. The van der Waals surface area contributed by atoms with Gasteiger partial charge in [-0.15, -0.1) is 0 Å². The first-order valence-corrected chi connectivity index (χ1v) is 5.83. The summed E-state index contributed by atoms with van der Waals surface area (Å²) in [5.41, 5.74) is 0.0660. The number of hydrogen-bond donors (Lipinski definition) is 1. The maximum Gasteiger partial charge on any atom is 0.250 e. The van der Waals surface area contributed by atoms with Crippen molar-refractivity contribution in [3.8, 4) is 0 Å². The van der Waals surface area contributed by atoms with Crippen molar-refractivity contribution < 1.29 is 4.74 Å². The molecular formula is C12H18N2O2. The maximum absolute atomic E-state index is 11.4. The van der Waals surface area contributed by atoms with Crippen LogP contribution in [0.2, 0.25) is 0 Å². The molecule has 0 saturated carbocycles. The Balaban J connectivity index is 1.75. The monoisotopic (exact) mass is 222 g/mol. The second-order valence-electron chi connectivity index (χ2n) is 4.07. The van der Waals surface area contributed by atoms with Crippen molar-refractivity contribution in [3.63, 3.8) is 0 Å². The van der Waals surface area contributed by atoms with E-state index in [1.165, 1.54) is 0 Å². The molecule has 1 aliphatic heterocycles. The third-order valence-corrected chi connectivity index (χ3v) is 2.91. The predicted molar refractivity (Wildman–Crippen MR) is 62.5 cm³/mol. The Kier molecular flexibility index (Phi) is 4.13. The number of nitrogens with zero attached hydrogens (tertiary/aromatic N) is 1. The van der Waals surface area contributed by atoms with Gasteiger partial charge >= 0.3 is 0 Å². The van der Waals surface area contributed by atoms with E-state index in [0.29, 0.717) is 6.04 Å². The van der Waals surface area contributed by atoms with E-state index in [-0.39, 0.29) is 5.56 Å². The van der Waals surface area contributed by atoms with Crippen LogP contribution in [0.4, 0.5) is 0 Å². The largest absolute Gasteiger partial charge is 0.381 e. The summed E-state index contributed by atoms with van der Waals surface area (Å²) in [6, 6.07) is 5.79. The lowest BCUT2D eigenvalue weighted by Gasteiger charge is -2.23. The van der Waals surface area contributed by atoms with Crippen LogP contribution in [0.1, 0.15) is 12.8 Å². The summed E-state index contributed by atoms with van der Waals surface area (Å²) >= 11 is 0. The molecule has 1 aromatic rings. The van der Waals surface area contributed by atoms with Gasteiger partial charge in [-0.1, -0.05) is 6.07 Å². The van der Waals surface area contributed by atoms with E-state index in [9.17, 15) is 4.79 Å². The van der Waals surface area contributed by atoms with Gasteiger partial charge in [0.1, 0.15) is 0 Å². The molecule has 0 unspecified atom stereocenters. The smallest absolute Gasteiger partial charge is 0.250 e. The predicted octanol–water partition coefficient (Wildman–Crippen LogP) is 0.617. The van der Waals surface area contributed by atoms with Gasteiger partial charge in [-0.25, -0.2) is 0 Å². The second-order valence-corrected chi connectivity index (χ2v) is 4.07. The van der Waals surface area contributed by atoms with Gasteiger partial charge in [-0.05, 0) is 18.9 Å². The molecule has 1 fully saturated rings. The number of ether oxygens (including phenoxy) is 1. The van der Waals surface area contributed by atoms with Gasteiger partial charge in [0.2, 0.25) is 0 Å². The Bertz CT molecular complexity index is 369. The van der Waals surface area contributed by atoms with Crippen LogP contribution in [0, 0.1) is 0 Å². The molecule has 1 N–H and O–H groups in total. The van der Waals surface area contributed by atoms with Crippen molar-refractivity contribution in [1.82, 2.24) is 9.88 Å². The average molecular weight is 222 g/mol. The molecular weight excluding hydrogens is 204 g/mol. The van der Waals surface area contributed by atoms with E-state index in [1.54, 1.807) is 16.7 Å². The average Bonchev–Trinajstić information content (AvgIpc) is 2.33. The van der Waals surface area contributed by atoms with E-state index < -0.39 is 0 Å². The summed E-state index contributed by atoms with van der Waals surface area (Å²) in [7, 11) is 0. The molecule has 0 radical (unpaired) electrons. The topological polar surface area (TPSA) is 43.3 Å². The SMILES string of the molecule is O=c1ccccn1CCNC1CCOCC1. The normalized spacial score (nSPS) is 17.5. The van der Waals surface area contributed by atoms with Gasteiger partial charge in [0.05, 0.1) is 0 Å². The van der Waals surface area contributed by atoms with Crippen molar-refractivity contribution >= 4 is 0 Å². The first kappa shape index (κ1) is 11.4. The number of pyridine rings is 1. The molecule has 2 rings (SSSR count). The van der Waals surface area contributed by atoms with Crippen molar-refractivity contribution in [2.24, 2.45) is 0 Å². The van der Waals surface area contributed by atoms with Crippen LogP contribution < -0.4 is 10.9 Å². The summed E-state index contributed by atoms with van der Waals surface area (Å²) < 4.78 is 7.02. The van der Waals surface area contributed by atoms with Crippen LogP contribution in [0.5, 0.6) is 0 Å². The highest BCUT2D eigenvalue weighted by atomic mass is 16.5. The fourth-order valence-electron chi connectivity index (χ4n) is 1.94. The molecule has 2 heterocycles. The lowest BCUT2D eigenvalue weighted by molar-refractivity contribution is 0.0778. The van der Waals surface area contributed by atoms with E-state index in [2.05, 4.69) is 5.32 Å². The maximum atomic E-state index is 11.4. The van der Waals surface area contributed by atoms with E-state index >= 15 is 0 Å². The molecule has 88 valence electrons. The zero-order valence-electron chi connectivity index (χ0n) is 9.39. The minimum absolute atomic E-state index is 0.0660. The number of aromatic nitrogens is 1. The van der Waals surface area contributed by atoms with Crippen molar-refractivity contribution in [1.29, 1.82) is 0 Å². The van der Waals surface area contributed by atoms with E-state index in [4.69, 9.17) is 4.74 Å². The molecule has 0 aromatic carbocycles. The van der Waals surface area contributed by atoms with Gasteiger partial charge in [-0.2, -0.15) is 0 Å². The summed E-state index contributed by atoms with van der Waals surface area (Å²) in [5.74, 6) is 0. The van der Waals surface area contributed by atoms with Gasteiger partial charge in [0, 0.05) is 44.6 Å². The van der Waals surface area contributed by atoms with E-state index in [0.717, 1.165) is 39.1 Å². The first-order chi connectivity index (χ1) is 7.86. The van der Waals surface area contributed by atoms with Crippen LogP contribution in [-0.4, -0.2) is 30.4 Å². The zero-order valence-corrected chi connectivity index (χ0v) is 9.39. The fourth-order valence-corrected chi connectivity index (χ4v) is 1.94. The molecule has 4 nitrogen and oxygen atoms in total. The molecule has 0 bridgehead atoms. The quantitative estimate of drug-likeness (QED) is 0.812. The Hall–Kier alpha value is -1.13. The molecule has 0 spiro atoms.